The largest absolute Gasteiger partial charge is 0.392 e. The highest BCUT2D eigenvalue weighted by Crippen LogP contribution is 2.41. The Hall–Kier alpha value is -0.120. The summed E-state index contributed by atoms with van der Waals surface area (Å²) in [5, 5.41) is 23.7. The van der Waals surface area contributed by atoms with Crippen LogP contribution in [0.1, 0.15) is 59.3 Å². The summed E-state index contributed by atoms with van der Waals surface area (Å²) >= 11 is 0. The minimum Gasteiger partial charge on any atom is -0.392 e. The maximum absolute atomic E-state index is 10.6. The summed E-state index contributed by atoms with van der Waals surface area (Å²) < 4.78 is 0. The van der Waals surface area contributed by atoms with Gasteiger partial charge in [0.15, 0.2) is 0 Å². The van der Waals surface area contributed by atoms with E-state index in [4.69, 9.17) is 0 Å². The Kier molecular flexibility index (Phi) is 4.05. The van der Waals surface area contributed by atoms with E-state index in [1.165, 1.54) is 6.42 Å². The molecular weight excluding hydrogens is 226 g/mol. The molecule has 0 aromatic heterocycles. The average Bonchev–Trinajstić information content (AvgIpc) is 2.35. The zero-order chi connectivity index (χ0) is 13.4. The summed E-state index contributed by atoms with van der Waals surface area (Å²) in [6, 6.07) is 0.348. The maximum atomic E-state index is 10.6. The van der Waals surface area contributed by atoms with E-state index >= 15 is 0 Å². The minimum absolute atomic E-state index is 0.0447. The highest BCUT2D eigenvalue weighted by Gasteiger charge is 2.47. The number of hydrogen-bond acceptors (Lipinski definition) is 3. The first kappa shape index (κ1) is 14.3. The van der Waals surface area contributed by atoms with Crippen molar-refractivity contribution in [1.29, 1.82) is 0 Å². The van der Waals surface area contributed by atoms with E-state index in [0.717, 1.165) is 38.0 Å². The van der Waals surface area contributed by atoms with Gasteiger partial charge in [0.2, 0.25) is 0 Å². The van der Waals surface area contributed by atoms with Crippen LogP contribution in [0.5, 0.6) is 0 Å². The Morgan fingerprint density at radius 2 is 1.83 bits per heavy atom. The van der Waals surface area contributed by atoms with Crippen LogP contribution in [0.15, 0.2) is 0 Å². The molecule has 3 nitrogen and oxygen atoms in total. The molecule has 2 rings (SSSR count). The third kappa shape index (κ3) is 2.73. The first-order valence-corrected chi connectivity index (χ1v) is 7.51. The zero-order valence-corrected chi connectivity index (χ0v) is 12.1. The number of aliphatic hydroxyl groups excluding tert-OH is 1. The van der Waals surface area contributed by atoms with Gasteiger partial charge in [-0.2, -0.15) is 0 Å². The molecule has 0 spiro atoms. The summed E-state index contributed by atoms with van der Waals surface area (Å²) in [6.07, 6.45) is 6.03. The normalized spacial score (nSPS) is 43.5. The molecule has 3 heteroatoms. The van der Waals surface area contributed by atoms with E-state index in [-0.39, 0.29) is 11.5 Å². The van der Waals surface area contributed by atoms with Crippen molar-refractivity contribution >= 4 is 0 Å². The Labute approximate surface area is 111 Å². The van der Waals surface area contributed by atoms with Crippen LogP contribution in [0.2, 0.25) is 0 Å². The first-order valence-electron chi connectivity index (χ1n) is 7.51. The van der Waals surface area contributed by atoms with Crippen molar-refractivity contribution < 1.29 is 10.2 Å². The molecular formula is C15H29NO2. The smallest absolute Gasteiger partial charge is 0.0771 e. The Bertz CT molecular complexity index is 282. The van der Waals surface area contributed by atoms with Gasteiger partial charge in [-0.15, -0.1) is 0 Å². The molecule has 3 N–H and O–H groups in total. The van der Waals surface area contributed by atoms with Gasteiger partial charge in [-0.25, -0.2) is 0 Å². The number of hydrogen-bond donors (Lipinski definition) is 3. The first-order chi connectivity index (χ1) is 8.37. The second kappa shape index (κ2) is 5.10. The van der Waals surface area contributed by atoms with Gasteiger partial charge in [0.1, 0.15) is 0 Å². The van der Waals surface area contributed by atoms with E-state index in [9.17, 15) is 10.2 Å². The topological polar surface area (TPSA) is 52.5 Å². The summed E-state index contributed by atoms with van der Waals surface area (Å²) in [7, 11) is 0. The van der Waals surface area contributed by atoms with Crippen LogP contribution >= 0.6 is 0 Å². The van der Waals surface area contributed by atoms with Crippen molar-refractivity contribution in [3.05, 3.63) is 0 Å². The molecule has 106 valence electrons. The van der Waals surface area contributed by atoms with Crippen LogP contribution in [-0.4, -0.2) is 34.5 Å². The molecule has 18 heavy (non-hydrogen) atoms. The Morgan fingerprint density at radius 1 is 1.22 bits per heavy atom. The fraction of sp³-hybridized carbons (Fsp3) is 1.00. The lowest BCUT2D eigenvalue weighted by molar-refractivity contribution is -0.0844. The SMILES string of the molecule is CCC1CCC(O)(CNC2CC(O)C2(C)C)CC1. The van der Waals surface area contributed by atoms with Crippen molar-refractivity contribution in [1.82, 2.24) is 5.32 Å². The number of nitrogens with one attached hydrogen (secondary N) is 1. The van der Waals surface area contributed by atoms with Crippen molar-refractivity contribution in [3.8, 4) is 0 Å². The van der Waals surface area contributed by atoms with Crippen LogP contribution < -0.4 is 5.32 Å². The average molecular weight is 255 g/mol. The summed E-state index contributed by atoms with van der Waals surface area (Å²) in [4.78, 5) is 0. The van der Waals surface area contributed by atoms with E-state index in [1.54, 1.807) is 0 Å². The molecule has 2 aliphatic rings. The monoisotopic (exact) mass is 255 g/mol. The molecule has 2 fully saturated rings. The lowest BCUT2D eigenvalue weighted by Gasteiger charge is -2.51. The molecule has 2 aliphatic carbocycles. The fourth-order valence-corrected chi connectivity index (χ4v) is 3.36. The van der Waals surface area contributed by atoms with Crippen molar-refractivity contribution in [2.75, 3.05) is 6.54 Å². The molecule has 0 radical (unpaired) electrons. The predicted octanol–water partition coefficient (Wildman–Crippen LogP) is 2.07. The molecule has 0 bridgehead atoms. The van der Waals surface area contributed by atoms with E-state index < -0.39 is 5.60 Å². The highest BCUT2D eigenvalue weighted by atomic mass is 16.3. The van der Waals surface area contributed by atoms with Gasteiger partial charge < -0.3 is 15.5 Å². The van der Waals surface area contributed by atoms with Gasteiger partial charge >= 0.3 is 0 Å². The van der Waals surface area contributed by atoms with Gasteiger partial charge in [-0.3, -0.25) is 0 Å². The summed E-state index contributed by atoms with van der Waals surface area (Å²) in [5.74, 6) is 0.812. The lowest BCUT2D eigenvalue weighted by Crippen LogP contribution is -2.62. The van der Waals surface area contributed by atoms with Gasteiger partial charge in [0.05, 0.1) is 11.7 Å². The Balaban J connectivity index is 1.77. The zero-order valence-electron chi connectivity index (χ0n) is 12.1. The quantitative estimate of drug-likeness (QED) is 0.721. The van der Waals surface area contributed by atoms with Gasteiger partial charge in [0, 0.05) is 18.0 Å². The molecule has 0 amide bonds. The Morgan fingerprint density at radius 3 is 2.28 bits per heavy atom. The van der Waals surface area contributed by atoms with Gasteiger partial charge in [0.25, 0.3) is 0 Å². The lowest BCUT2D eigenvalue weighted by atomic mass is 9.64. The molecule has 0 saturated heterocycles. The van der Waals surface area contributed by atoms with Crippen molar-refractivity contribution in [3.63, 3.8) is 0 Å². The third-order valence-electron chi connectivity index (χ3n) is 5.51. The molecule has 0 aromatic carbocycles. The second-order valence-corrected chi connectivity index (χ2v) is 7.08. The highest BCUT2D eigenvalue weighted by molar-refractivity contribution is 5.02. The summed E-state index contributed by atoms with van der Waals surface area (Å²) in [5.41, 5.74) is -0.556. The van der Waals surface area contributed by atoms with Crippen LogP contribution in [-0.2, 0) is 0 Å². The molecule has 0 aliphatic heterocycles. The van der Waals surface area contributed by atoms with Crippen molar-refractivity contribution in [2.24, 2.45) is 11.3 Å². The molecule has 0 heterocycles. The maximum Gasteiger partial charge on any atom is 0.0771 e. The van der Waals surface area contributed by atoms with Crippen LogP contribution in [0.25, 0.3) is 0 Å². The molecule has 0 aromatic rings. The standard InChI is InChI=1S/C15H29NO2/c1-4-11-5-7-15(18,8-6-11)10-16-12-9-13(17)14(12,2)3/h11-13,16-18H,4-10H2,1-3H3. The third-order valence-corrected chi connectivity index (χ3v) is 5.51. The van der Waals surface area contributed by atoms with Crippen molar-refractivity contribution in [2.45, 2.75) is 77.0 Å². The van der Waals surface area contributed by atoms with Crippen LogP contribution in [0.3, 0.4) is 0 Å². The number of rotatable bonds is 4. The number of aliphatic hydroxyl groups is 2. The van der Waals surface area contributed by atoms with Gasteiger partial charge in [-0.05, 0) is 38.0 Å². The van der Waals surface area contributed by atoms with Crippen LogP contribution in [0, 0.1) is 11.3 Å². The second-order valence-electron chi connectivity index (χ2n) is 7.08. The molecule has 2 atom stereocenters. The van der Waals surface area contributed by atoms with E-state index in [2.05, 4.69) is 26.1 Å². The summed E-state index contributed by atoms with van der Waals surface area (Å²) in [6.45, 7) is 7.11. The van der Waals surface area contributed by atoms with Gasteiger partial charge in [-0.1, -0.05) is 27.2 Å². The van der Waals surface area contributed by atoms with Crippen LogP contribution in [0.4, 0.5) is 0 Å². The predicted molar refractivity (Wildman–Crippen MR) is 73.4 cm³/mol. The fourth-order valence-electron chi connectivity index (χ4n) is 3.36. The molecule has 2 saturated carbocycles. The minimum atomic E-state index is -0.512. The van der Waals surface area contributed by atoms with E-state index in [1.807, 2.05) is 0 Å². The molecule has 2 unspecified atom stereocenters. The van der Waals surface area contributed by atoms with E-state index in [0.29, 0.717) is 12.6 Å².